The van der Waals surface area contributed by atoms with Crippen LogP contribution in [0.25, 0.3) is 0 Å². The summed E-state index contributed by atoms with van der Waals surface area (Å²) >= 11 is 6.22. The van der Waals surface area contributed by atoms with Crippen molar-refractivity contribution in [2.24, 2.45) is 7.05 Å². The van der Waals surface area contributed by atoms with Gasteiger partial charge in [-0.05, 0) is 31.9 Å². The van der Waals surface area contributed by atoms with Gasteiger partial charge in [-0.1, -0.05) is 35.4 Å². The Labute approximate surface area is 118 Å². The molecular formula is C15H19ClN2O. The van der Waals surface area contributed by atoms with Crippen LogP contribution >= 0.6 is 11.6 Å². The number of halogens is 1. The predicted octanol–water partition coefficient (Wildman–Crippen LogP) is 3.27. The maximum atomic E-state index is 10.4. The van der Waals surface area contributed by atoms with E-state index in [0.717, 1.165) is 28.1 Å². The van der Waals surface area contributed by atoms with Crippen LogP contribution in [-0.4, -0.2) is 14.9 Å². The van der Waals surface area contributed by atoms with Crippen molar-refractivity contribution in [2.45, 2.75) is 33.3 Å². The van der Waals surface area contributed by atoms with Crippen molar-refractivity contribution in [1.29, 1.82) is 0 Å². The quantitative estimate of drug-likeness (QED) is 0.936. The maximum absolute atomic E-state index is 10.4. The van der Waals surface area contributed by atoms with E-state index in [1.54, 1.807) is 4.68 Å². The van der Waals surface area contributed by atoms with Crippen LogP contribution < -0.4 is 0 Å². The lowest BCUT2D eigenvalue weighted by atomic mass is 9.98. The summed E-state index contributed by atoms with van der Waals surface area (Å²) in [6, 6.07) is 6.11. The largest absolute Gasteiger partial charge is 0.388 e. The summed E-state index contributed by atoms with van der Waals surface area (Å²) in [5.41, 5.74) is 4.86. The van der Waals surface area contributed by atoms with Crippen molar-refractivity contribution < 1.29 is 5.11 Å². The molecule has 2 aromatic rings. The van der Waals surface area contributed by atoms with Gasteiger partial charge in [0.05, 0.1) is 22.5 Å². The highest BCUT2D eigenvalue weighted by Crippen LogP contribution is 2.27. The van der Waals surface area contributed by atoms with Crippen molar-refractivity contribution in [1.82, 2.24) is 9.78 Å². The van der Waals surface area contributed by atoms with Gasteiger partial charge in [0.15, 0.2) is 0 Å². The molecular weight excluding hydrogens is 260 g/mol. The van der Waals surface area contributed by atoms with Crippen molar-refractivity contribution in [3.8, 4) is 0 Å². The Kier molecular flexibility index (Phi) is 3.97. The Morgan fingerprint density at radius 2 is 2.00 bits per heavy atom. The fourth-order valence-corrected chi connectivity index (χ4v) is 2.55. The number of aliphatic hydroxyl groups excluding tert-OH is 1. The first-order valence-corrected chi connectivity index (χ1v) is 6.71. The van der Waals surface area contributed by atoms with Gasteiger partial charge in [0.1, 0.15) is 0 Å². The second-order valence-corrected chi connectivity index (χ2v) is 5.43. The Hall–Kier alpha value is -1.32. The predicted molar refractivity (Wildman–Crippen MR) is 77.5 cm³/mol. The molecule has 1 unspecified atom stereocenters. The third-order valence-corrected chi connectivity index (χ3v) is 3.93. The van der Waals surface area contributed by atoms with E-state index in [0.29, 0.717) is 11.4 Å². The van der Waals surface area contributed by atoms with Gasteiger partial charge in [-0.3, -0.25) is 4.68 Å². The monoisotopic (exact) mass is 278 g/mol. The van der Waals surface area contributed by atoms with Gasteiger partial charge in [-0.25, -0.2) is 0 Å². The lowest BCUT2D eigenvalue weighted by molar-refractivity contribution is 0.175. The van der Waals surface area contributed by atoms with Crippen molar-refractivity contribution in [3.05, 3.63) is 51.3 Å². The first-order chi connectivity index (χ1) is 8.90. The average Bonchev–Trinajstić information content (AvgIpc) is 2.59. The van der Waals surface area contributed by atoms with Crippen LogP contribution in [0.5, 0.6) is 0 Å². The highest BCUT2D eigenvalue weighted by Gasteiger charge is 2.18. The third kappa shape index (κ3) is 2.82. The SMILES string of the molecule is Cc1ccc(C)c(C(O)Cc2c(Cl)c(C)nn2C)c1. The van der Waals surface area contributed by atoms with E-state index in [1.807, 2.05) is 46.0 Å². The number of hydrogen-bond acceptors (Lipinski definition) is 2. The molecule has 1 heterocycles. The summed E-state index contributed by atoms with van der Waals surface area (Å²) in [6.07, 6.45) is -0.0901. The molecule has 0 bridgehead atoms. The van der Waals surface area contributed by atoms with Crippen LogP contribution in [0.1, 0.15) is 34.2 Å². The van der Waals surface area contributed by atoms with Crippen molar-refractivity contribution >= 4 is 11.6 Å². The minimum Gasteiger partial charge on any atom is -0.388 e. The summed E-state index contributed by atoms with van der Waals surface area (Å²) in [7, 11) is 1.85. The molecule has 0 saturated heterocycles. The van der Waals surface area contributed by atoms with E-state index in [4.69, 9.17) is 11.6 Å². The van der Waals surface area contributed by atoms with Gasteiger partial charge >= 0.3 is 0 Å². The van der Waals surface area contributed by atoms with Crippen molar-refractivity contribution in [2.75, 3.05) is 0 Å². The topological polar surface area (TPSA) is 38.1 Å². The fourth-order valence-electron chi connectivity index (χ4n) is 2.31. The Bertz CT molecular complexity index is 604. The molecule has 19 heavy (non-hydrogen) atoms. The molecule has 0 spiro atoms. The number of aryl methyl sites for hydroxylation is 4. The molecule has 2 rings (SSSR count). The molecule has 1 atom stereocenters. The lowest BCUT2D eigenvalue weighted by Crippen LogP contribution is -2.08. The van der Waals surface area contributed by atoms with Gasteiger partial charge in [0.2, 0.25) is 0 Å². The molecule has 1 N–H and O–H groups in total. The standard InChI is InChI=1S/C15H19ClN2O/c1-9-5-6-10(2)12(7-9)14(19)8-13-15(16)11(3)17-18(13)4/h5-7,14,19H,8H2,1-4H3. The molecule has 0 amide bonds. The highest BCUT2D eigenvalue weighted by atomic mass is 35.5. The number of aromatic nitrogens is 2. The van der Waals surface area contributed by atoms with Gasteiger partial charge in [-0.15, -0.1) is 0 Å². The second-order valence-electron chi connectivity index (χ2n) is 5.05. The van der Waals surface area contributed by atoms with Gasteiger partial charge in [0.25, 0.3) is 0 Å². The van der Waals surface area contributed by atoms with Crippen LogP contribution in [0.3, 0.4) is 0 Å². The fraction of sp³-hybridized carbons (Fsp3) is 0.400. The summed E-state index contributed by atoms with van der Waals surface area (Å²) in [5.74, 6) is 0. The highest BCUT2D eigenvalue weighted by molar-refractivity contribution is 6.31. The zero-order valence-corrected chi connectivity index (χ0v) is 12.5. The molecule has 0 aliphatic heterocycles. The normalized spacial score (nSPS) is 12.7. The summed E-state index contributed by atoms with van der Waals surface area (Å²) < 4.78 is 1.74. The van der Waals surface area contributed by atoms with Crippen LogP contribution in [0.15, 0.2) is 18.2 Å². The lowest BCUT2D eigenvalue weighted by Gasteiger charge is -2.15. The third-order valence-electron chi connectivity index (χ3n) is 3.44. The molecule has 4 heteroatoms. The maximum Gasteiger partial charge on any atom is 0.0848 e. The van der Waals surface area contributed by atoms with E-state index in [2.05, 4.69) is 5.10 Å². The Morgan fingerprint density at radius 1 is 1.32 bits per heavy atom. The number of nitrogens with zero attached hydrogens (tertiary/aromatic N) is 2. The van der Waals surface area contributed by atoms with E-state index < -0.39 is 6.10 Å². The second kappa shape index (κ2) is 5.35. The van der Waals surface area contributed by atoms with Gasteiger partial charge < -0.3 is 5.11 Å². The summed E-state index contributed by atoms with van der Waals surface area (Å²) in [6.45, 7) is 5.90. The molecule has 0 aliphatic rings. The minimum atomic E-state index is -0.563. The minimum absolute atomic E-state index is 0.473. The molecule has 0 aliphatic carbocycles. The number of rotatable bonds is 3. The van der Waals surface area contributed by atoms with Gasteiger partial charge in [0, 0.05) is 13.5 Å². The average molecular weight is 279 g/mol. The molecule has 102 valence electrons. The molecule has 3 nitrogen and oxygen atoms in total. The molecule has 1 aromatic heterocycles. The first kappa shape index (κ1) is 14.1. The Balaban J connectivity index is 2.30. The number of aliphatic hydroxyl groups is 1. The zero-order chi connectivity index (χ0) is 14.2. The zero-order valence-electron chi connectivity index (χ0n) is 11.7. The molecule has 0 fully saturated rings. The smallest absolute Gasteiger partial charge is 0.0848 e. The van der Waals surface area contributed by atoms with E-state index in [1.165, 1.54) is 0 Å². The van der Waals surface area contributed by atoms with Crippen LogP contribution in [0, 0.1) is 20.8 Å². The first-order valence-electron chi connectivity index (χ1n) is 6.33. The van der Waals surface area contributed by atoms with Crippen molar-refractivity contribution in [3.63, 3.8) is 0 Å². The summed E-state index contributed by atoms with van der Waals surface area (Å²) in [5, 5.41) is 15.4. The van der Waals surface area contributed by atoms with E-state index in [-0.39, 0.29) is 0 Å². The van der Waals surface area contributed by atoms with Crippen LogP contribution in [0.4, 0.5) is 0 Å². The van der Waals surface area contributed by atoms with Gasteiger partial charge in [-0.2, -0.15) is 5.10 Å². The molecule has 1 aromatic carbocycles. The number of hydrogen-bond donors (Lipinski definition) is 1. The van der Waals surface area contributed by atoms with Crippen LogP contribution in [0.2, 0.25) is 5.02 Å². The van der Waals surface area contributed by atoms with E-state index >= 15 is 0 Å². The molecule has 0 saturated carbocycles. The van der Waals surface area contributed by atoms with Crippen LogP contribution in [-0.2, 0) is 13.5 Å². The molecule has 0 radical (unpaired) electrons. The Morgan fingerprint density at radius 3 is 2.58 bits per heavy atom. The summed E-state index contributed by atoms with van der Waals surface area (Å²) in [4.78, 5) is 0. The number of benzene rings is 1. The van der Waals surface area contributed by atoms with E-state index in [9.17, 15) is 5.11 Å².